The van der Waals surface area contributed by atoms with E-state index in [9.17, 15) is 46.6 Å². The van der Waals surface area contributed by atoms with Gasteiger partial charge in [-0.05, 0) is 120 Å². The van der Waals surface area contributed by atoms with Crippen LogP contribution in [0, 0.1) is 0 Å². The molecule has 5 aromatic rings. The minimum Gasteiger partial charge on any atom is -0.507 e. The first-order valence-corrected chi connectivity index (χ1v) is 27.0. The van der Waals surface area contributed by atoms with Gasteiger partial charge in [0.05, 0.1) is 61.0 Å². The fourth-order valence-corrected chi connectivity index (χ4v) is 8.07. The van der Waals surface area contributed by atoms with Crippen molar-refractivity contribution in [3.8, 4) is 57.5 Å². The van der Waals surface area contributed by atoms with Gasteiger partial charge in [0.15, 0.2) is 23.1 Å². The van der Waals surface area contributed by atoms with Crippen LogP contribution in [0.15, 0.2) is 84.9 Å². The molecule has 466 valence electrons. The lowest BCUT2D eigenvalue weighted by Gasteiger charge is -2.32. The number of rotatable bonds is 25. The van der Waals surface area contributed by atoms with Crippen molar-refractivity contribution in [2.24, 2.45) is 0 Å². The zero-order valence-electron chi connectivity index (χ0n) is 50.9. The molecule has 2 N–H and O–H groups in total. The van der Waals surface area contributed by atoms with Crippen molar-refractivity contribution in [3.63, 3.8) is 0 Å². The summed E-state index contributed by atoms with van der Waals surface area (Å²) < 4.78 is 106. The maximum atomic E-state index is 12.9. The van der Waals surface area contributed by atoms with Crippen LogP contribution in [0.25, 0.3) is 0 Å². The number of hydrogen-bond donors (Lipinski definition) is 2. The molecule has 6 rings (SSSR count). The number of aromatic carboxylic acids is 1. The highest BCUT2D eigenvalue weighted by atomic mass is 19.3. The van der Waals surface area contributed by atoms with E-state index < -0.39 is 37.5 Å². The van der Waals surface area contributed by atoms with Gasteiger partial charge in [0.25, 0.3) is 0 Å². The average Bonchev–Trinajstić information content (AvgIpc) is 2.09. The summed E-state index contributed by atoms with van der Waals surface area (Å²) in [6.07, 6.45) is 4.19. The Kier molecular flexibility index (Phi) is 30.9. The summed E-state index contributed by atoms with van der Waals surface area (Å²) in [6.45, 7) is 9.08. The number of hydrogen-bond acceptors (Lipinski definition) is 17. The van der Waals surface area contributed by atoms with Gasteiger partial charge in [0.1, 0.15) is 85.3 Å². The van der Waals surface area contributed by atoms with Crippen molar-refractivity contribution < 1.29 is 104 Å². The number of benzene rings is 5. The molecule has 5 aromatic carbocycles. The molecule has 0 saturated carbocycles. The van der Waals surface area contributed by atoms with E-state index in [4.69, 9.17) is 47.6 Å². The molecule has 18 nitrogen and oxygen atoms in total. The molecule has 0 bridgehead atoms. The number of alkyl halides is 4. The number of halogens is 4. The Bertz CT molecular complexity index is 2910. The molecule has 1 aliphatic heterocycles. The summed E-state index contributed by atoms with van der Waals surface area (Å²) in [7, 11) is 9.39. The first-order valence-electron chi connectivity index (χ1n) is 27.0. The molecule has 1 fully saturated rings. The summed E-state index contributed by atoms with van der Waals surface area (Å²) in [5.41, 5.74) is 0.237. The van der Waals surface area contributed by atoms with Crippen molar-refractivity contribution in [1.29, 1.82) is 0 Å². The predicted molar refractivity (Wildman–Crippen MR) is 313 cm³/mol. The van der Waals surface area contributed by atoms with Gasteiger partial charge in [0, 0.05) is 25.7 Å². The molecule has 0 aromatic heterocycles. The smallest absolute Gasteiger partial charge is 0.495 e. The minimum absolute atomic E-state index is 0.00918. The Labute approximate surface area is 495 Å². The number of carboxylic acids is 1. The van der Waals surface area contributed by atoms with Gasteiger partial charge in [-0.1, -0.05) is 52.0 Å². The Morgan fingerprint density at radius 2 is 0.706 bits per heavy atom. The van der Waals surface area contributed by atoms with E-state index >= 15 is 0 Å². The fraction of sp³-hybridized carbons (Fsp3) is 0.435. The first kappa shape index (κ1) is 73.1. The maximum absolute atomic E-state index is 12.9. The SMILES string of the molecule is CCCC(=O)c1c(O)cccc1OC.CCCC(=O)c1c(OC)cc(B2OC(C)(C)C(C)(C)O2)cc1OC(F)F.CCCC(=O)c1c(OC)cccc1OC.CCCC(=O)c1c(OC)cccc1OC(F)F.COc1cccc(OC)c1C(=O)O. The molecule has 0 spiro atoms. The lowest BCUT2D eigenvalue weighted by atomic mass is 9.78. The summed E-state index contributed by atoms with van der Waals surface area (Å²) in [5, 5.41) is 18.4. The van der Waals surface area contributed by atoms with E-state index in [1.54, 1.807) is 74.9 Å². The maximum Gasteiger partial charge on any atom is 0.495 e. The topological polar surface area (TPSA) is 227 Å². The Morgan fingerprint density at radius 1 is 0.435 bits per heavy atom. The molecule has 0 aliphatic carbocycles. The molecule has 0 amide bonds. The Hall–Kier alpha value is -8.05. The third kappa shape index (κ3) is 20.9. The van der Waals surface area contributed by atoms with Crippen molar-refractivity contribution in [2.75, 3.05) is 49.8 Å². The summed E-state index contributed by atoms with van der Waals surface area (Å²) in [6, 6.07) is 22.3. The zero-order valence-corrected chi connectivity index (χ0v) is 50.9. The number of Topliss-reactive ketones (excluding diaryl/α,β-unsaturated/α-hetero) is 4. The highest BCUT2D eigenvalue weighted by Gasteiger charge is 2.52. The van der Waals surface area contributed by atoms with Gasteiger partial charge in [-0.3, -0.25) is 19.2 Å². The molecule has 1 aliphatic rings. The summed E-state index contributed by atoms with van der Waals surface area (Å²) in [4.78, 5) is 58.5. The standard InChI is InChI=1S/C18H25BF2O5.C12H14F2O3.C12H16O3.C11H14O3.C9H10O4/c1-7-8-12(22)15-13(23-6)9-11(10-14(15)24-16(20)21)19-25-17(2,3)18(4,5)26-19;1-3-5-8(15)11-9(16-2)6-4-7-10(11)17-12(13)14;1-4-6-9(13)12-10(14-2)7-5-8-11(12)15-3;1-3-5-8(12)11-9(13)6-4-7-10(11)14-2;1-12-6-4-3-5-7(13-2)8(6)9(10)11/h9-10,16H,7-8H2,1-6H3;4,6-7,12H,3,5H2,1-2H3;5,7-8H,4,6H2,1-3H3;4,6-7,13H,3,5H2,1-2H3;3-5H,1-2H3,(H,10,11). The number of aromatic hydroxyl groups is 1. The van der Waals surface area contributed by atoms with Gasteiger partial charge in [0.2, 0.25) is 0 Å². The Morgan fingerprint density at radius 3 is 1.04 bits per heavy atom. The molecular formula is C62H79BF4O18. The van der Waals surface area contributed by atoms with E-state index in [1.807, 2.05) is 55.4 Å². The van der Waals surface area contributed by atoms with Crippen LogP contribution < -0.4 is 48.1 Å². The second-order valence-electron chi connectivity index (χ2n) is 19.2. The van der Waals surface area contributed by atoms with E-state index in [1.165, 1.54) is 59.8 Å². The molecular weight excluding hydrogens is 1120 g/mol. The number of carbonyl (C=O) groups excluding carboxylic acids is 4. The predicted octanol–water partition coefficient (Wildman–Crippen LogP) is 13.3. The van der Waals surface area contributed by atoms with Gasteiger partial charge < -0.3 is 62.2 Å². The highest BCUT2D eigenvalue weighted by Crippen LogP contribution is 2.39. The molecule has 0 radical (unpaired) electrons. The van der Waals surface area contributed by atoms with Crippen molar-refractivity contribution in [2.45, 2.75) is 131 Å². The van der Waals surface area contributed by atoms with Crippen LogP contribution in [0.2, 0.25) is 0 Å². The van der Waals surface area contributed by atoms with Crippen LogP contribution in [-0.4, -0.2) is 121 Å². The van der Waals surface area contributed by atoms with E-state index in [0.717, 1.165) is 12.8 Å². The van der Waals surface area contributed by atoms with Crippen LogP contribution in [0.4, 0.5) is 17.6 Å². The van der Waals surface area contributed by atoms with Crippen LogP contribution >= 0.6 is 0 Å². The van der Waals surface area contributed by atoms with Gasteiger partial charge in [-0.2, -0.15) is 17.6 Å². The second kappa shape index (κ2) is 35.9. The molecule has 23 heteroatoms. The van der Waals surface area contributed by atoms with Gasteiger partial charge >= 0.3 is 26.3 Å². The van der Waals surface area contributed by atoms with E-state index in [-0.39, 0.29) is 87.0 Å². The molecule has 0 atom stereocenters. The second-order valence-corrected chi connectivity index (χ2v) is 19.2. The minimum atomic E-state index is -3.07. The summed E-state index contributed by atoms with van der Waals surface area (Å²) in [5.74, 6) is 0.545. The monoisotopic (exact) mass is 1200 g/mol. The van der Waals surface area contributed by atoms with Gasteiger partial charge in [-0.25, -0.2) is 4.79 Å². The summed E-state index contributed by atoms with van der Waals surface area (Å²) >= 11 is 0. The van der Waals surface area contributed by atoms with Crippen molar-refractivity contribution in [1.82, 2.24) is 0 Å². The average molecular weight is 1200 g/mol. The number of ether oxygens (including phenoxy) is 9. The molecule has 1 saturated heterocycles. The molecule has 0 unspecified atom stereocenters. The first-order chi connectivity index (χ1) is 40.3. The number of methoxy groups -OCH3 is 7. The lowest BCUT2D eigenvalue weighted by molar-refractivity contribution is -0.0509. The number of phenolic OH excluding ortho intramolecular Hbond substituents is 1. The third-order valence-corrected chi connectivity index (χ3v) is 12.8. The lowest BCUT2D eigenvalue weighted by Crippen LogP contribution is -2.41. The molecule has 1 heterocycles. The normalized spacial score (nSPS) is 12.5. The van der Waals surface area contributed by atoms with Crippen molar-refractivity contribution in [3.05, 3.63) is 113 Å². The quantitative estimate of drug-likeness (QED) is 0.0314. The number of carboxylic acid groups (broad SMARTS) is 1. The Balaban J connectivity index is 0.000000373. The van der Waals surface area contributed by atoms with Gasteiger partial charge in [-0.15, -0.1) is 0 Å². The third-order valence-electron chi connectivity index (χ3n) is 12.8. The number of ketones is 4. The van der Waals surface area contributed by atoms with Crippen LogP contribution in [0.1, 0.15) is 159 Å². The number of phenols is 1. The molecule has 85 heavy (non-hydrogen) atoms. The van der Waals surface area contributed by atoms with E-state index in [0.29, 0.717) is 65.5 Å². The zero-order chi connectivity index (χ0) is 64.2. The van der Waals surface area contributed by atoms with Crippen molar-refractivity contribution >= 4 is 41.7 Å². The van der Waals surface area contributed by atoms with Crippen LogP contribution in [0.3, 0.4) is 0 Å². The highest BCUT2D eigenvalue weighted by molar-refractivity contribution is 6.62. The van der Waals surface area contributed by atoms with Crippen LogP contribution in [-0.2, 0) is 9.31 Å². The fourth-order valence-electron chi connectivity index (χ4n) is 8.07. The van der Waals surface area contributed by atoms with Crippen LogP contribution in [0.5, 0.6) is 57.5 Å². The number of carbonyl (C=O) groups is 5. The largest absolute Gasteiger partial charge is 0.507 e. The van der Waals surface area contributed by atoms with E-state index in [2.05, 4.69) is 9.47 Å².